The number of hydrogen-bond acceptors (Lipinski definition) is 1. The molecule has 2 heteroatoms. The van der Waals surface area contributed by atoms with Gasteiger partial charge in [-0.05, 0) is 23.8 Å². The molecule has 1 nitrogen and oxygen atoms in total. The highest BCUT2D eigenvalue weighted by molar-refractivity contribution is 6.18. The van der Waals surface area contributed by atoms with Crippen LogP contribution < -0.4 is 5.32 Å². The lowest BCUT2D eigenvalue weighted by Crippen LogP contribution is -2.37. The van der Waals surface area contributed by atoms with Gasteiger partial charge in [0, 0.05) is 19.0 Å². The molecule has 1 aromatic rings. The molecule has 0 atom stereocenters. The van der Waals surface area contributed by atoms with Crippen LogP contribution in [0.4, 0.5) is 0 Å². The van der Waals surface area contributed by atoms with Gasteiger partial charge in [0.05, 0.1) is 0 Å². The molecule has 0 bridgehead atoms. The van der Waals surface area contributed by atoms with Gasteiger partial charge in [-0.2, -0.15) is 0 Å². The van der Waals surface area contributed by atoms with E-state index >= 15 is 0 Å². The van der Waals surface area contributed by atoms with Crippen molar-refractivity contribution in [2.45, 2.75) is 38.6 Å². The Morgan fingerprint density at radius 2 is 1.76 bits per heavy atom. The Balaban J connectivity index is 1.80. The van der Waals surface area contributed by atoms with E-state index < -0.39 is 0 Å². The molecule has 1 aliphatic rings. The Bertz CT molecular complexity index is 317. The van der Waals surface area contributed by atoms with Gasteiger partial charge < -0.3 is 5.32 Å². The summed E-state index contributed by atoms with van der Waals surface area (Å²) in [5.41, 5.74) is 1.71. The topological polar surface area (TPSA) is 12.0 Å². The Morgan fingerprint density at radius 3 is 2.41 bits per heavy atom. The van der Waals surface area contributed by atoms with Crippen LogP contribution in [0.15, 0.2) is 30.3 Å². The Hall–Kier alpha value is -0.530. The quantitative estimate of drug-likeness (QED) is 0.781. The molecule has 17 heavy (non-hydrogen) atoms. The molecule has 0 unspecified atom stereocenters. The van der Waals surface area contributed by atoms with Crippen LogP contribution in [-0.4, -0.2) is 12.4 Å². The molecule has 1 N–H and O–H groups in total. The number of alkyl halides is 1. The standard InChI is InChI=1S/C15H22ClN/c16-12-15(9-5-2-6-10-15)13-17-11-14-7-3-1-4-8-14/h1,3-4,7-8,17H,2,5-6,9-13H2. The Labute approximate surface area is 110 Å². The van der Waals surface area contributed by atoms with E-state index in [9.17, 15) is 0 Å². The summed E-state index contributed by atoms with van der Waals surface area (Å²) in [6.07, 6.45) is 6.66. The van der Waals surface area contributed by atoms with Crippen LogP contribution in [0.5, 0.6) is 0 Å². The van der Waals surface area contributed by atoms with Crippen LogP contribution in [0.2, 0.25) is 0 Å². The van der Waals surface area contributed by atoms with Crippen LogP contribution in [0, 0.1) is 5.41 Å². The number of hydrogen-bond donors (Lipinski definition) is 1. The van der Waals surface area contributed by atoms with Gasteiger partial charge in [0.2, 0.25) is 0 Å². The van der Waals surface area contributed by atoms with Gasteiger partial charge in [0.25, 0.3) is 0 Å². The minimum atomic E-state index is 0.356. The maximum absolute atomic E-state index is 6.18. The van der Waals surface area contributed by atoms with E-state index in [0.717, 1.165) is 19.0 Å². The number of halogens is 1. The van der Waals surface area contributed by atoms with Crippen molar-refractivity contribution in [2.24, 2.45) is 5.41 Å². The van der Waals surface area contributed by atoms with Crippen molar-refractivity contribution < 1.29 is 0 Å². The van der Waals surface area contributed by atoms with E-state index in [4.69, 9.17) is 11.6 Å². The summed E-state index contributed by atoms with van der Waals surface area (Å²) in [5, 5.41) is 3.58. The maximum atomic E-state index is 6.18. The third kappa shape index (κ3) is 3.72. The second-order valence-corrected chi connectivity index (χ2v) is 5.55. The summed E-state index contributed by atoms with van der Waals surface area (Å²) in [5.74, 6) is 0.800. The first kappa shape index (κ1) is 12.9. The molecule has 0 saturated heterocycles. The largest absolute Gasteiger partial charge is 0.312 e. The van der Waals surface area contributed by atoms with Crippen LogP contribution in [0.3, 0.4) is 0 Å². The molecule has 1 aliphatic carbocycles. The Morgan fingerprint density at radius 1 is 1.06 bits per heavy atom. The van der Waals surface area contributed by atoms with Crippen molar-refractivity contribution in [3.05, 3.63) is 35.9 Å². The van der Waals surface area contributed by atoms with Crippen molar-refractivity contribution >= 4 is 11.6 Å². The lowest BCUT2D eigenvalue weighted by Gasteiger charge is -2.35. The molecule has 1 fully saturated rings. The second-order valence-electron chi connectivity index (χ2n) is 5.28. The highest BCUT2D eigenvalue weighted by atomic mass is 35.5. The van der Waals surface area contributed by atoms with E-state index in [1.807, 2.05) is 0 Å². The molecule has 0 spiro atoms. The van der Waals surface area contributed by atoms with Gasteiger partial charge in [-0.25, -0.2) is 0 Å². The van der Waals surface area contributed by atoms with E-state index in [0.29, 0.717) is 5.41 Å². The predicted octanol–water partition coefficient (Wildman–Crippen LogP) is 3.97. The SMILES string of the molecule is ClCC1(CNCc2ccccc2)CCCCC1. The second kappa shape index (κ2) is 6.42. The first-order chi connectivity index (χ1) is 8.35. The van der Waals surface area contributed by atoms with Crippen molar-refractivity contribution in [3.8, 4) is 0 Å². The van der Waals surface area contributed by atoms with E-state index in [-0.39, 0.29) is 0 Å². The van der Waals surface area contributed by atoms with Gasteiger partial charge >= 0.3 is 0 Å². The van der Waals surface area contributed by atoms with Gasteiger partial charge in [-0.1, -0.05) is 49.6 Å². The molecular weight excluding hydrogens is 230 g/mol. The summed E-state index contributed by atoms with van der Waals surface area (Å²) in [6, 6.07) is 10.6. The van der Waals surface area contributed by atoms with Crippen LogP contribution >= 0.6 is 11.6 Å². The van der Waals surface area contributed by atoms with Gasteiger partial charge in [0.15, 0.2) is 0 Å². The zero-order chi connectivity index (χ0) is 12.0. The van der Waals surface area contributed by atoms with Crippen molar-refractivity contribution in [2.75, 3.05) is 12.4 Å². The zero-order valence-electron chi connectivity index (χ0n) is 10.4. The van der Waals surface area contributed by atoms with E-state index in [2.05, 4.69) is 35.6 Å². The van der Waals surface area contributed by atoms with Crippen LogP contribution in [-0.2, 0) is 6.54 Å². The average Bonchev–Trinajstić information content (AvgIpc) is 2.41. The summed E-state index contributed by atoms with van der Waals surface area (Å²) in [7, 11) is 0. The third-order valence-corrected chi connectivity index (χ3v) is 4.44. The fraction of sp³-hybridized carbons (Fsp3) is 0.600. The summed E-state index contributed by atoms with van der Waals surface area (Å²) in [4.78, 5) is 0. The van der Waals surface area contributed by atoms with Crippen molar-refractivity contribution in [1.29, 1.82) is 0 Å². The van der Waals surface area contributed by atoms with Crippen LogP contribution in [0.25, 0.3) is 0 Å². The van der Waals surface area contributed by atoms with Crippen molar-refractivity contribution in [1.82, 2.24) is 5.32 Å². The van der Waals surface area contributed by atoms with Crippen LogP contribution in [0.1, 0.15) is 37.7 Å². The smallest absolute Gasteiger partial charge is 0.0292 e. The van der Waals surface area contributed by atoms with Gasteiger partial charge in [-0.15, -0.1) is 11.6 Å². The zero-order valence-corrected chi connectivity index (χ0v) is 11.2. The highest BCUT2D eigenvalue weighted by Gasteiger charge is 2.30. The number of rotatable bonds is 5. The molecule has 94 valence electrons. The van der Waals surface area contributed by atoms with Crippen molar-refractivity contribution in [3.63, 3.8) is 0 Å². The summed E-state index contributed by atoms with van der Waals surface area (Å²) in [6.45, 7) is 2.02. The first-order valence-electron chi connectivity index (χ1n) is 6.65. The molecule has 0 aliphatic heterocycles. The molecule has 0 amide bonds. The van der Waals surface area contributed by atoms with Gasteiger partial charge in [0.1, 0.15) is 0 Å². The highest BCUT2D eigenvalue weighted by Crippen LogP contribution is 2.36. The lowest BCUT2D eigenvalue weighted by atomic mass is 9.75. The molecule has 0 radical (unpaired) electrons. The van der Waals surface area contributed by atoms with Gasteiger partial charge in [-0.3, -0.25) is 0 Å². The molecule has 0 aromatic heterocycles. The third-order valence-electron chi connectivity index (χ3n) is 3.87. The molecule has 1 aromatic carbocycles. The fourth-order valence-corrected chi connectivity index (χ4v) is 3.09. The van der Waals surface area contributed by atoms with E-state index in [1.54, 1.807) is 0 Å². The molecule has 0 heterocycles. The number of nitrogens with one attached hydrogen (secondary N) is 1. The Kier molecular flexibility index (Phi) is 4.87. The molecular formula is C15H22ClN. The normalized spacial score (nSPS) is 19.1. The average molecular weight is 252 g/mol. The predicted molar refractivity (Wildman–Crippen MR) is 74.4 cm³/mol. The minimum Gasteiger partial charge on any atom is -0.312 e. The van der Waals surface area contributed by atoms with E-state index in [1.165, 1.54) is 37.7 Å². The summed E-state index contributed by atoms with van der Waals surface area (Å²) >= 11 is 6.18. The fourth-order valence-electron chi connectivity index (χ4n) is 2.73. The summed E-state index contributed by atoms with van der Waals surface area (Å²) < 4.78 is 0. The minimum absolute atomic E-state index is 0.356. The molecule has 2 rings (SSSR count). The maximum Gasteiger partial charge on any atom is 0.0292 e. The monoisotopic (exact) mass is 251 g/mol. The lowest BCUT2D eigenvalue weighted by molar-refractivity contribution is 0.212. The number of benzene rings is 1. The first-order valence-corrected chi connectivity index (χ1v) is 7.19. The molecule has 1 saturated carbocycles.